The van der Waals surface area contributed by atoms with Crippen LogP contribution in [0.1, 0.15) is 79.5 Å². The number of esters is 1. The van der Waals surface area contributed by atoms with Crippen molar-refractivity contribution in [1.82, 2.24) is 30.4 Å². The Balaban J connectivity index is 1.58. The summed E-state index contributed by atoms with van der Waals surface area (Å²) in [6.07, 6.45) is -4.02. The zero-order valence-corrected chi connectivity index (χ0v) is 36.4. The molecule has 0 radical (unpaired) electrons. The zero-order chi connectivity index (χ0) is 42.7. The summed E-state index contributed by atoms with van der Waals surface area (Å²) in [4.78, 5) is 51.5. The Kier molecular flexibility index (Phi) is 14.4. The molecule has 0 aromatic carbocycles. The molecule has 13 atom stereocenters. The van der Waals surface area contributed by atoms with Gasteiger partial charge in [-0.2, -0.15) is 4.80 Å². The average molecular weight is 830 g/mol. The van der Waals surface area contributed by atoms with Crippen LogP contribution in [0.3, 0.4) is 0 Å². The summed E-state index contributed by atoms with van der Waals surface area (Å²) in [7, 11) is 6.89. The second-order valence-electron chi connectivity index (χ2n) is 16.3. The fourth-order valence-electron chi connectivity index (χ4n) is 8.30. The summed E-state index contributed by atoms with van der Waals surface area (Å²) in [6.45, 7) is 14.3. The first-order chi connectivity index (χ1) is 27.3. The summed E-state index contributed by atoms with van der Waals surface area (Å²) in [5, 5.41) is 31.3. The van der Waals surface area contributed by atoms with Crippen LogP contribution in [0.25, 0.3) is 10.7 Å². The van der Waals surface area contributed by atoms with Crippen LogP contribution >= 0.6 is 11.3 Å². The number of hydrogen-bond donors (Lipinski definition) is 2. The highest BCUT2D eigenvalue weighted by molar-refractivity contribution is 7.15. The number of aryl methyl sites for hydroxylation is 1. The van der Waals surface area contributed by atoms with Gasteiger partial charge in [-0.15, -0.1) is 21.5 Å². The van der Waals surface area contributed by atoms with Gasteiger partial charge in [-0.3, -0.25) is 9.59 Å². The fourth-order valence-corrected chi connectivity index (χ4v) is 9.10. The zero-order valence-electron chi connectivity index (χ0n) is 35.5. The molecule has 1 amide bonds. The Morgan fingerprint density at radius 1 is 1.14 bits per heavy atom. The molecule has 2 unspecified atom stereocenters. The third-order valence-electron chi connectivity index (χ3n) is 12.0. The summed E-state index contributed by atoms with van der Waals surface area (Å²) in [5.41, 5.74) is -2.01. The van der Waals surface area contributed by atoms with Gasteiger partial charge in [0.1, 0.15) is 31.8 Å². The lowest BCUT2D eigenvalue weighted by Gasteiger charge is -2.46. The number of thiophene rings is 1. The maximum absolute atomic E-state index is 14.4. The lowest BCUT2D eigenvalue weighted by molar-refractivity contribution is -0.277. The molecule has 3 fully saturated rings. The minimum Gasteiger partial charge on any atom is -0.458 e. The number of amides is 1. The van der Waals surface area contributed by atoms with E-state index in [4.69, 9.17) is 28.5 Å². The number of aliphatic hydroxyl groups is 1. The maximum atomic E-state index is 14.4. The van der Waals surface area contributed by atoms with Crippen molar-refractivity contribution in [2.75, 3.05) is 27.8 Å². The number of ether oxygens (including phenoxy) is 5. The molecule has 5 heterocycles. The first-order valence-electron chi connectivity index (χ1n) is 19.8. The third-order valence-corrected chi connectivity index (χ3v) is 13.0. The van der Waals surface area contributed by atoms with Gasteiger partial charge in [0.2, 0.25) is 5.82 Å². The smallest absolute Gasteiger partial charge is 0.408 e. The van der Waals surface area contributed by atoms with Gasteiger partial charge < -0.3 is 43.8 Å². The van der Waals surface area contributed by atoms with Crippen molar-refractivity contribution < 1.29 is 48.0 Å². The number of aliphatic hydroxyl groups excluding tert-OH is 1. The first-order valence-corrected chi connectivity index (χ1v) is 20.6. The van der Waals surface area contributed by atoms with Gasteiger partial charge in [0.15, 0.2) is 17.7 Å². The van der Waals surface area contributed by atoms with E-state index in [-0.39, 0.29) is 31.6 Å². The number of tetrazole rings is 1. The molecule has 5 rings (SSSR count). The summed E-state index contributed by atoms with van der Waals surface area (Å²) >= 11 is 1.42. The number of alkyl carbamates (subject to hydrolysis) is 1. The Morgan fingerprint density at radius 2 is 1.86 bits per heavy atom. The number of carbonyl (C=O) groups excluding carboxylic acids is 3. The SMILES string of the molecule is CC[C@H]1OC(=O)[C@H](C)C(=O)[C@H](C)[C@@H](OC2O[C@H](C)C[C@H](N(C)C)[C@H]2O)C[C@@](C)(OCC#Cc2ccc(-c3nnn(C)n3)s2)[C@@H](C)/C(=N\OC)[C@H](C)C2NC(=O)O[C@@]21C. The standard InChI is InChI=1S/C40H59N7O10S/c1-13-30-40(8)34(41-38(51)57-40)23(4)31(44-52-12)25(6)39(7,53-18-14-15-26-16-17-29(58-26)35-42-45-47(11)43-35)20-28(22(3)32(48)24(5)36(50)56-30)55-37-33(49)27(46(9)10)19-21(2)54-37/h16-17,21-25,27-28,30,33-34,37,49H,13,18-20H2,1-12H3,(H,41,51)/b44-31-/t21-,22-,23+,24-,25+,27+,28+,30-,33-,34?,37?,39-,40-/m1/s1. The number of likely N-dealkylation sites (N-methyl/N-ethyl adjacent to an activating group) is 1. The van der Waals surface area contributed by atoms with E-state index in [2.05, 4.69) is 37.7 Å². The first kappa shape index (κ1) is 45.1. The average Bonchev–Trinajstić information content (AvgIpc) is 3.91. The molecule has 2 aromatic rings. The number of Topliss-reactive ketones (excluding diaryl/α,β-unsaturated/α-hetero) is 1. The quantitative estimate of drug-likeness (QED) is 0.169. The molecule has 17 nitrogen and oxygen atoms in total. The topological polar surface area (TPSA) is 198 Å². The number of cyclic esters (lactones) is 1. The van der Waals surface area contributed by atoms with Crippen LogP contribution in [0.15, 0.2) is 17.3 Å². The second-order valence-corrected chi connectivity index (χ2v) is 17.4. The molecule has 2 aromatic heterocycles. The highest BCUT2D eigenvalue weighted by Crippen LogP contribution is 2.41. The van der Waals surface area contributed by atoms with Crippen LogP contribution in [-0.4, -0.2) is 136 Å². The van der Waals surface area contributed by atoms with Gasteiger partial charge in [0.25, 0.3) is 0 Å². The van der Waals surface area contributed by atoms with Gasteiger partial charge in [-0.25, -0.2) is 4.79 Å². The second kappa shape index (κ2) is 18.5. The molecule has 3 saturated heterocycles. The molecule has 0 bridgehead atoms. The number of aromatic nitrogens is 4. The molecule has 320 valence electrons. The van der Waals surface area contributed by atoms with Gasteiger partial charge in [-0.05, 0) is 72.0 Å². The van der Waals surface area contributed by atoms with Crippen LogP contribution in [0.4, 0.5) is 4.79 Å². The van der Waals surface area contributed by atoms with Crippen molar-refractivity contribution in [3.8, 4) is 22.5 Å². The molecule has 2 N–H and O–H groups in total. The maximum Gasteiger partial charge on any atom is 0.408 e. The monoisotopic (exact) mass is 829 g/mol. The van der Waals surface area contributed by atoms with Crippen molar-refractivity contribution >= 4 is 34.9 Å². The Morgan fingerprint density at radius 3 is 2.50 bits per heavy atom. The lowest BCUT2D eigenvalue weighted by atomic mass is 9.72. The Labute approximate surface area is 344 Å². The van der Waals surface area contributed by atoms with E-state index in [1.165, 1.54) is 30.2 Å². The largest absolute Gasteiger partial charge is 0.458 e. The Bertz CT molecular complexity index is 1880. The summed E-state index contributed by atoms with van der Waals surface area (Å²) in [6, 6.07) is 2.74. The molecule has 3 aliphatic rings. The minimum atomic E-state index is -1.34. The van der Waals surface area contributed by atoms with E-state index in [0.717, 1.165) is 9.75 Å². The van der Waals surface area contributed by atoms with Crippen LogP contribution in [0.5, 0.6) is 0 Å². The number of fused-ring (bicyclic) bond motifs is 1. The van der Waals surface area contributed by atoms with E-state index >= 15 is 0 Å². The van der Waals surface area contributed by atoms with E-state index < -0.39 is 83.4 Å². The highest BCUT2D eigenvalue weighted by Gasteiger charge is 2.57. The lowest BCUT2D eigenvalue weighted by Crippen LogP contribution is -2.59. The number of rotatable bonds is 8. The number of ketones is 1. The summed E-state index contributed by atoms with van der Waals surface area (Å²) in [5.74, 6) is 2.38. The summed E-state index contributed by atoms with van der Waals surface area (Å²) < 4.78 is 31.6. The third kappa shape index (κ3) is 9.55. The van der Waals surface area contributed by atoms with Crippen LogP contribution in [0.2, 0.25) is 0 Å². The Hall–Kier alpha value is -3.99. The fraction of sp³-hybridized carbons (Fsp3) is 0.725. The molecule has 0 spiro atoms. The number of hydrogen-bond acceptors (Lipinski definition) is 16. The van der Waals surface area contributed by atoms with Gasteiger partial charge >= 0.3 is 12.1 Å². The van der Waals surface area contributed by atoms with E-state index in [1.54, 1.807) is 20.9 Å². The van der Waals surface area contributed by atoms with E-state index in [0.29, 0.717) is 18.0 Å². The van der Waals surface area contributed by atoms with Crippen LogP contribution in [0, 0.1) is 35.5 Å². The molecule has 3 aliphatic heterocycles. The van der Waals surface area contributed by atoms with Crippen molar-refractivity contribution in [1.29, 1.82) is 0 Å². The van der Waals surface area contributed by atoms with Crippen molar-refractivity contribution in [3.63, 3.8) is 0 Å². The van der Waals surface area contributed by atoms with E-state index in [1.807, 2.05) is 65.7 Å². The number of nitrogens with one attached hydrogen (secondary N) is 1. The minimum absolute atomic E-state index is 0.0366. The molecule has 0 aliphatic carbocycles. The van der Waals surface area contributed by atoms with Gasteiger partial charge in [0, 0.05) is 30.2 Å². The molecule has 58 heavy (non-hydrogen) atoms. The molecular weight excluding hydrogens is 771 g/mol. The van der Waals surface area contributed by atoms with Gasteiger partial charge in [0.05, 0.1) is 46.4 Å². The number of oxime groups is 1. The normalized spacial score (nSPS) is 37.0. The van der Waals surface area contributed by atoms with Crippen LogP contribution < -0.4 is 5.32 Å². The van der Waals surface area contributed by atoms with Crippen molar-refractivity contribution in [3.05, 3.63) is 17.0 Å². The number of nitrogens with zero attached hydrogens (tertiary/aromatic N) is 6. The predicted octanol–water partition coefficient (Wildman–Crippen LogP) is 3.59. The van der Waals surface area contributed by atoms with Crippen LogP contribution in [-0.2, 0) is 45.2 Å². The molecule has 0 saturated carbocycles. The predicted molar refractivity (Wildman–Crippen MR) is 213 cm³/mol. The van der Waals surface area contributed by atoms with Crippen molar-refractivity contribution in [2.24, 2.45) is 35.9 Å². The molecule has 18 heteroatoms. The molecular formula is C40H59N7O10S. The highest BCUT2D eigenvalue weighted by atomic mass is 32.1. The van der Waals surface area contributed by atoms with Gasteiger partial charge in [-0.1, -0.05) is 44.7 Å². The number of carbonyl (C=O) groups is 3. The van der Waals surface area contributed by atoms with Crippen molar-refractivity contribution in [2.45, 2.75) is 129 Å². The van der Waals surface area contributed by atoms with E-state index in [9.17, 15) is 19.5 Å².